The van der Waals surface area contributed by atoms with E-state index in [2.05, 4.69) is 10.6 Å². The summed E-state index contributed by atoms with van der Waals surface area (Å²) < 4.78 is 0. The first kappa shape index (κ1) is 12.2. The molecule has 3 N–H and O–H groups in total. The molecule has 0 saturated carbocycles. The SMILES string of the molecule is O=C(NCC1CNCC1O)C1CCSCC1. The van der Waals surface area contributed by atoms with Crippen molar-refractivity contribution in [3.8, 4) is 0 Å². The molecule has 2 rings (SSSR count). The molecule has 2 unspecified atom stereocenters. The average Bonchev–Trinajstić information content (AvgIpc) is 2.73. The average molecular weight is 244 g/mol. The zero-order valence-electron chi connectivity index (χ0n) is 9.45. The summed E-state index contributed by atoms with van der Waals surface area (Å²) in [6.45, 7) is 2.07. The van der Waals surface area contributed by atoms with Gasteiger partial charge in [-0.1, -0.05) is 0 Å². The zero-order valence-corrected chi connectivity index (χ0v) is 10.3. The minimum atomic E-state index is -0.304. The maximum Gasteiger partial charge on any atom is 0.223 e. The molecule has 0 aromatic carbocycles. The van der Waals surface area contributed by atoms with E-state index in [9.17, 15) is 9.90 Å². The molecular weight excluding hydrogens is 224 g/mol. The number of β-amino-alcohol motifs (C(OH)–C–C–N with tert-alkyl or cyclic N) is 1. The summed E-state index contributed by atoms with van der Waals surface area (Å²) in [7, 11) is 0. The third-order valence-corrected chi connectivity index (χ3v) is 4.48. The standard InChI is InChI=1S/C11H20N2O2S/c14-10-7-12-5-9(10)6-13-11(15)8-1-3-16-4-2-8/h8-10,12,14H,1-7H2,(H,13,15). The first-order valence-corrected chi connectivity index (χ1v) is 7.17. The molecule has 4 nitrogen and oxygen atoms in total. The topological polar surface area (TPSA) is 61.4 Å². The second-order valence-electron chi connectivity index (χ2n) is 4.62. The maximum absolute atomic E-state index is 11.8. The second kappa shape index (κ2) is 5.89. The van der Waals surface area contributed by atoms with Crippen LogP contribution < -0.4 is 10.6 Å². The van der Waals surface area contributed by atoms with Crippen LogP contribution in [-0.2, 0) is 4.79 Å². The quantitative estimate of drug-likeness (QED) is 0.645. The van der Waals surface area contributed by atoms with Crippen molar-refractivity contribution in [2.45, 2.75) is 18.9 Å². The summed E-state index contributed by atoms with van der Waals surface area (Å²) in [6.07, 6.45) is 1.70. The van der Waals surface area contributed by atoms with Crippen LogP contribution in [0, 0.1) is 11.8 Å². The normalized spacial score (nSPS) is 31.6. The molecule has 2 aliphatic rings. The number of hydrogen-bond donors (Lipinski definition) is 3. The lowest BCUT2D eigenvalue weighted by atomic mass is 10.0. The molecule has 1 amide bonds. The predicted octanol–water partition coefficient (Wildman–Crippen LogP) is -0.174. The lowest BCUT2D eigenvalue weighted by molar-refractivity contribution is -0.125. The van der Waals surface area contributed by atoms with Crippen molar-refractivity contribution in [2.24, 2.45) is 11.8 Å². The largest absolute Gasteiger partial charge is 0.391 e. The van der Waals surface area contributed by atoms with Gasteiger partial charge in [-0.25, -0.2) is 0 Å². The summed E-state index contributed by atoms with van der Waals surface area (Å²) in [5, 5.41) is 15.7. The van der Waals surface area contributed by atoms with E-state index in [1.807, 2.05) is 11.8 Å². The van der Waals surface area contributed by atoms with E-state index < -0.39 is 0 Å². The second-order valence-corrected chi connectivity index (χ2v) is 5.84. The van der Waals surface area contributed by atoms with Gasteiger partial charge in [-0.15, -0.1) is 0 Å². The lowest BCUT2D eigenvalue weighted by Gasteiger charge is -2.22. The Kier molecular flexibility index (Phi) is 4.49. The summed E-state index contributed by atoms with van der Waals surface area (Å²) in [5.74, 6) is 2.77. The number of rotatable bonds is 3. The maximum atomic E-state index is 11.8. The van der Waals surface area contributed by atoms with Gasteiger partial charge in [-0.3, -0.25) is 4.79 Å². The molecule has 92 valence electrons. The Morgan fingerprint density at radius 3 is 2.75 bits per heavy atom. The van der Waals surface area contributed by atoms with Crippen LogP contribution in [0.5, 0.6) is 0 Å². The molecule has 2 fully saturated rings. The third kappa shape index (κ3) is 3.12. The van der Waals surface area contributed by atoms with E-state index in [1.165, 1.54) is 0 Å². The summed E-state index contributed by atoms with van der Waals surface area (Å²) >= 11 is 1.93. The van der Waals surface area contributed by atoms with Gasteiger partial charge in [0.25, 0.3) is 0 Å². The number of hydrogen-bond acceptors (Lipinski definition) is 4. The highest BCUT2D eigenvalue weighted by Crippen LogP contribution is 2.22. The van der Waals surface area contributed by atoms with E-state index in [4.69, 9.17) is 0 Å². The van der Waals surface area contributed by atoms with E-state index >= 15 is 0 Å². The van der Waals surface area contributed by atoms with Gasteiger partial charge >= 0.3 is 0 Å². The van der Waals surface area contributed by atoms with E-state index in [0.29, 0.717) is 13.1 Å². The first-order valence-electron chi connectivity index (χ1n) is 6.01. The van der Waals surface area contributed by atoms with Crippen molar-refractivity contribution in [1.82, 2.24) is 10.6 Å². The molecule has 2 atom stereocenters. The highest BCUT2D eigenvalue weighted by atomic mass is 32.2. The zero-order chi connectivity index (χ0) is 11.4. The van der Waals surface area contributed by atoms with Crippen molar-refractivity contribution in [1.29, 1.82) is 0 Å². The number of amides is 1. The van der Waals surface area contributed by atoms with Gasteiger partial charge < -0.3 is 15.7 Å². The fourth-order valence-corrected chi connectivity index (χ4v) is 3.37. The van der Waals surface area contributed by atoms with Gasteiger partial charge in [-0.2, -0.15) is 11.8 Å². The van der Waals surface area contributed by atoms with E-state index in [1.54, 1.807) is 0 Å². The lowest BCUT2D eigenvalue weighted by Crippen LogP contribution is -2.38. The van der Waals surface area contributed by atoms with Crippen LogP contribution in [0.4, 0.5) is 0 Å². The van der Waals surface area contributed by atoms with Crippen molar-refractivity contribution >= 4 is 17.7 Å². The van der Waals surface area contributed by atoms with Gasteiger partial charge in [0.1, 0.15) is 0 Å². The molecule has 16 heavy (non-hydrogen) atoms. The Hall–Kier alpha value is -0.260. The van der Waals surface area contributed by atoms with Crippen molar-refractivity contribution in [3.05, 3.63) is 0 Å². The number of nitrogens with one attached hydrogen (secondary N) is 2. The molecule has 0 aromatic rings. The van der Waals surface area contributed by atoms with Crippen LogP contribution in [0.15, 0.2) is 0 Å². The number of carbonyl (C=O) groups is 1. The number of thioether (sulfide) groups is 1. The molecule has 0 radical (unpaired) electrons. The van der Waals surface area contributed by atoms with Crippen LogP contribution in [-0.4, -0.2) is 48.3 Å². The van der Waals surface area contributed by atoms with Crippen LogP contribution >= 0.6 is 11.8 Å². The van der Waals surface area contributed by atoms with Crippen molar-refractivity contribution in [2.75, 3.05) is 31.1 Å². The fourth-order valence-electron chi connectivity index (χ4n) is 2.26. The molecule has 2 heterocycles. The minimum absolute atomic E-state index is 0.180. The van der Waals surface area contributed by atoms with Crippen LogP contribution in [0.3, 0.4) is 0 Å². The number of carbonyl (C=O) groups excluding carboxylic acids is 1. The van der Waals surface area contributed by atoms with E-state index in [0.717, 1.165) is 30.9 Å². The van der Waals surface area contributed by atoms with Gasteiger partial charge in [0.15, 0.2) is 0 Å². The first-order chi connectivity index (χ1) is 7.77. The molecule has 2 aliphatic heterocycles. The molecule has 0 spiro atoms. The Morgan fingerprint density at radius 2 is 2.12 bits per heavy atom. The smallest absolute Gasteiger partial charge is 0.223 e. The number of aliphatic hydroxyl groups excluding tert-OH is 1. The number of aliphatic hydroxyl groups is 1. The van der Waals surface area contributed by atoms with Crippen LogP contribution in [0.25, 0.3) is 0 Å². The third-order valence-electron chi connectivity index (χ3n) is 3.43. The monoisotopic (exact) mass is 244 g/mol. The summed E-state index contributed by atoms with van der Waals surface area (Å²) in [4.78, 5) is 11.8. The molecule has 2 saturated heterocycles. The van der Waals surface area contributed by atoms with Crippen molar-refractivity contribution in [3.63, 3.8) is 0 Å². The Morgan fingerprint density at radius 1 is 1.38 bits per heavy atom. The Labute approximate surface area is 101 Å². The van der Waals surface area contributed by atoms with Gasteiger partial charge in [0, 0.05) is 31.5 Å². The van der Waals surface area contributed by atoms with Gasteiger partial charge in [0.2, 0.25) is 5.91 Å². The minimum Gasteiger partial charge on any atom is -0.391 e. The predicted molar refractivity (Wildman–Crippen MR) is 65.4 cm³/mol. The highest BCUT2D eigenvalue weighted by molar-refractivity contribution is 7.99. The molecular formula is C11H20N2O2S. The molecule has 0 aromatic heterocycles. The summed E-state index contributed by atoms with van der Waals surface area (Å²) in [5.41, 5.74) is 0. The Balaban J connectivity index is 1.70. The summed E-state index contributed by atoms with van der Waals surface area (Å²) in [6, 6.07) is 0. The van der Waals surface area contributed by atoms with Gasteiger partial charge in [-0.05, 0) is 24.3 Å². The van der Waals surface area contributed by atoms with Crippen LogP contribution in [0.2, 0.25) is 0 Å². The Bertz CT molecular complexity index is 244. The molecule has 0 bridgehead atoms. The molecule has 0 aliphatic carbocycles. The van der Waals surface area contributed by atoms with E-state index in [-0.39, 0.29) is 23.8 Å². The molecule has 5 heteroatoms. The fraction of sp³-hybridized carbons (Fsp3) is 0.909. The van der Waals surface area contributed by atoms with Crippen LogP contribution in [0.1, 0.15) is 12.8 Å². The highest BCUT2D eigenvalue weighted by Gasteiger charge is 2.27. The van der Waals surface area contributed by atoms with Crippen molar-refractivity contribution < 1.29 is 9.90 Å². The van der Waals surface area contributed by atoms with Gasteiger partial charge in [0.05, 0.1) is 6.10 Å².